The second-order valence-corrected chi connectivity index (χ2v) is 6.11. The molecule has 0 N–H and O–H groups in total. The number of rotatable bonds is 11. The van der Waals surface area contributed by atoms with E-state index >= 15 is 0 Å². The third-order valence-corrected chi connectivity index (χ3v) is 4.09. The lowest BCUT2D eigenvalue weighted by atomic mass is 10.0. The monoisotopic (exact) mass is 343 g/mol. The molecule has 114 valence electrons. The predicted octanol–water partition coefficient (Wildman–Crippen LogP) is 4.68. The first-order valence-electron chi connectivity index (χ1n) is 7.75. The van der Waals surface area contributed by atoms with Crippen LogP contribution in [0.5, 0.6) is 0 Å². The number of hydrogen-bond acceptors (Lipinski definition) is 3. The van der Waals surface area contributed by atoms with Crippen molar-refractivity contribution in [2.45, 2.75) is 71.1 Å². The second kappa shape index (κ2) is 10.1. The van der Waals surface area contributed by atoms with E-state index in [2.05, 4.69) is 33.2 Å². The van der Waals surface area contributed by atoms with Gasteiger partial charge < -0.3 is 0 Å². The van der Waals surface area contributed by atoms with Crippen LogP contribution in [0.1, 0.15) is 81.6 Å². The molecule has 0 aromatic carbocycles. The fourth-order valence-corrected chi connectivity index (χ4v) is 2.89. The number of nitrogens with zero attached hydrogens (tertiary/aromatic N) is 3. The summed E-state index contributed by atoms with van der Waals surface area (Å²) in [5.74, 6) is 0.132. The van der Waals surface area contributed by atoms with E-state index in [-0.39, 0.29) is 5.78 Å². The van der Waals surface area contributed by atoms with Gasteiger partial charge in [-0.2, -0.15) is 0 Å². The van der Waals surface area contributed by atoms with Crippen LogP contribution >= 0.6 is 15.9 Å². The van der Waals surface area contributed by atoms with Crippen LogP contribution in [0.25, 0.3) is 0 Å². The maximum Gasteiger partial charge on any atom is 0.183 e. The van der Waals surface area contributed by atoms with Crippen LogP contribution in [0.15, 0.2) is 4.60 Å². The highest BCUT2D eigenvalue weighted by atomic mass is 79.9. The van der Waals surface area contributed by atoms with Crippen molar-refractivity contribution in [3.05, 3.63) is 10.3 Å². The molecule has 0 saturated heterocycles. The third-order valence-electron chi connectivity index (χ3n) is 3.56. The van der Waals surface area contributed by atoms with E-state index < -0.39 is 0 Å². The lowest BCUT2D eigenvalue weighted by Gasteiger charge is -2.03. The molecule has 5 heteroatoms. The van der Waals surface area contributed by atoms with Gasteiger partial charge in [0.2, 0.25) is 0 Å². The van der Waals surface area contributed by atoms with Crippen LogP contribution < -0.4 is 0 Å². The highest BCUT2D eigenvalue weighted by molar-refractivity contribution is 9.10. The highest BCUT2D eigenvalue weighted by Gasteiger charge is 2.15. The smallest absolute Gasteiger partial charge is 0.183 e. The number of aryl methyl sites for hydroxylation is 1. The molecule has 0 bridgehead atoms. The zero-order valence-corrected chi connectivity index (χ0v) is 14.3. The molecule has 0 amide bonds. The molecule has 4 nitrogen and oxygen atoms in total. The zero-order valence-electron chi connectivity index (χ0n) is 12.7. The van der Waals surface area contributed by atoms with Crippen molar-refractivity contribution in [2.24, 2.45) is 7.05 Å². The normalized spacial score (nSPS) is 10.9. The first-order valence-corrected chi connectivity index (χ1v) is 8.54. The van der Waals surface area contributed by atoms with E-state index in [9.17, 15) is 4.79 Å². The molecule has 1 aromatic rings. The van der Waals surface area contributed by atoms with Gasteiger partial charge >= 0.3 is 0 Å². The van der Waals surface area contributed by atoms with Gasteiger partial charge in [-0.3, -0.25) is 4.79 Å². The first kappa shape index (κ1) is 17.3. The van der Waals surface area contributed by atoms with Gasteiger partial charge in [0.05, 0.1) is 0 Å². The molecule has 1 rings (SSSR count). The summed E-state index contributed by atoms with van der Waals surface area (Å²) in [6, 6.07) is 0. The summed E-state index contributed by atoms with van der Waals surface area (Å²) in [7, 11) is 1.75. The van der Waals surface area contributed by atoms with Crippen LogP contribution in [-0.2, 0) is 7.05 Å². The number of unbranched alkanes of at least 4 members (excludes halogenated alkanes) is 8. The molecule has 0 radical (unpaired) electrons. The van der Waals surface area contributed by atoms with Crippen molar-refractivity contribution >= 4 is 21.7 Å². The Bertz CT molecular complexity index is 384. The Morgan fingerprint density at radius 1 is 1.05 bits per heavy atom. The molecular weight excluding hydrogens is 318 g/mol. The molecular formula is C15H26BrN3O. The average Bonchev–Trinajstić information content (AvgIpc) is 2.76. The lowest BCUT2D eigenvalue weighted by Crippen LogP contribution is -2.07. The summed E-state index contributed by atoms with van der Waals surface area (Å²) in [6.07, 6.45) is 12.0. The fourth-order valence-electron chi connectivity index (χ4n) is 2.34. The maximum atomic E-state index is 12.0. The summed E-state index contributed by atoms with van der Waals surface area (Å²) in [5.41, 5.74) is 0.588. The van der Waals surface area contributed by atoms with Gasteiger partial charge in [0.15, 0.2) is 10.4 Å². The molecule has 0 unspecified atom stereocenters. The van der Waals surface area contributed by atoms with Crippen molar-refractivity contribution < 1.29 is 4.79 Å². The van der Waals surface area contributed by atoms with Gasteiger partial charge in [-0.1, -0.05) is 63.5 Å². The van der Waals surface area contributed by atoms with Crippen LogP contribution in [0.2, 0.25) is 0 Å². The van der Waals surface area contributed by atoms with E-state index in [4.69, 9.17) is 0 Å². The van der Waals surface area contributed by atoms with Crippen LogP contribution in [-0.4, -0.2) is 20.8 Å². The zero-order chi connectivity index (χ0) is 14.8. The fraction of sp³-hybridized carbons (Fsp3) is 0.800. The standard InChI is InChI=1S/C15H26BrN3O/c1-3-4-5-6-7-8-9-10-11-12-13(20)14-15(16)17-18-19(14)2/h3-12H2,1-2H3. The van der Waals surface area contributed by atoms with E-state index in [1.54, 1.807) is 11.7 Å². The molecule has 0 aliphatic rings. The van der Waals surface area contributed by atoms with Crippen molar-refractivity contribution in [3.8, 4) is 0 Å². The van der Waals surface area contributed by atoms with Crippen LogP contribution in [0.3, 0.4) is 0 Å². The average molecular weight is 344 g/mol. The Kier molecular flexibility index (Phi) is 8.74. The van der Waals surface area contributed by atoms with Crippen molar-refractivity contribution in [1.29, 1.82) is 0 Å². The van der Waals surface area contributed by atoms with Crippen molar-refractivity contribution in [2.75, 3.05) is 0 Å². The number of carbonyl (C=O) groups excluding carboxylic acids is 1. The highest BCUT2D eigenvalue weighted by Crippen LogP contribution is 2.16. The predicted molar refractivity (Wildman–Crippen MR) is 84.9 cm³/mol. The number of hydrogen-bond donors (Lipinski definition) is 0. The second-order valence-electron chi connectivity index (χ2n) is 5.35. The quantitative estimate of drug-likeness (QED) is 0.432. The Balaban J connectivity index is 2.06. The number of carbonyl (C=O) groups is 1. The SMILES string of the molecule is CCCCCCCCCCCC(=O)c1c(Br)nnn1C. The van der Waals surface area contributed by atoms with Crippen LogP contribution in [0.4, 0.5) is 0 Å². The molecule has 0 saturated carbocycles. The Morgan fingerprint density at radius 3 is 2.10 bits per heavy atom. The third kappa shape index (κ3) is 6.16. The molecule has 20 heavy (non-hydrogen) atoms. The van der Waals surface area contributed by atoms with E-state index in [1.165, 1.54) is 44.9 Å². The molecule has 0 fully saturated rings. The largest absolute Gasteiger partial charge is 0.292 e. The number of aromatic nitrogens is 3. The molecule has 0 aliphatic carbocycles. The molecule has 1 aromatic heterocycles. The number of Topliss-reactive ketones (excluding diaryl/α,β-unsaturated/α-hetero) is 1. The summed E-state index contributed by atoms with van der Waals surface area (Å²) in [5, 5.41) is 7.67. The van der Waals surface area contributed by atoms with E-state index in [0.717, 1.165) is 12.8 Å². The first-order chi connectivity index (χ1) is 9.66. The minimum absolute atomic E-state index is 0.132. The summed E-state index contributed by atoms with van der Waals surface area (Å²) in [4.78, 5) is 12.0. The number of ketones is 1. The minimum atomic E-state index is 0.132. The Labute approximate surface area is 130 Å². The maximum absolute atomic E-state index is 12.0. The Morgan fingerprint density at radius 2 is 1.60 bits per heavy atom. The van der Waals surface area contributed by atoms with Crippen molar-refractivity contribution in [3.63, 3.8) is 0 Å². The lowest BCUT2D eigenvalue weighted by molar-refractivity contribution is 0.0969. The van der Waals surface area contributed by atoms with Gasteiger partial charge in [-0.25, -0.2) is 4.68 Å². The van der Waals surface area contributed by atoms with Gasteiger partial charge in [0.1, 0.15) is 5.69 Å². The molecule has 0 spiro atoms. The van der Waals surface area contributed by atoms with E-state index in [0.29, 0.717) is 16.7 Å². The molecule has 0 atom stereocenters. The van der Waals surface area contributed by atoms with E-state index in [1.807, 2.05) is 0 Å². The van der Waals surface area contributed by atoms with Gasteiger partial charge in [0.25, 0.3) is 0 Å². The summed E-state index contributed by atoms with van der Waals surface area (Å²) >= 11 is 3.27. The molecule has 0 aliphatic heterocycles. The van der Waals surface area contributed by atoms with Crippen molar-refractivity contribution in [1.82, 2.24) is 15.0 Å². The van der Waals surface area contributed by atoms with Gasteiger partial charge in [-0.15, -0.1) is 5.10 Å². The van der Waals surface area contributed by atoms with Gasteiger partial charge in [-0.05, 0) is 22.4 Å². The Hall–Kier alpha value is -0.710. The molecule has 1 heterocycles. The van der Waals surface area contributed by atoms with Crippen LogP contribution in [0, 0.1) is 0 Å². The minimum Gasteiger partial charge on any atom is -0.292 e. The number of halogens is 1. The summed E-state index contributed by atoms with van der Waals surface area (Å²) in [6.45, 7) is 2.24. The van der Waals surface area contributed by atoms with Gasteiger partial charge in [0, 0.05) is 13.5 Å². The topological polar surface area (TPSA) is 47.8 Å². The summed E-state index contributed by atoms with van der Waals surface area (Å²) < 4.78 is 2.10.